The first-order chi connectivity index (χ1) is 25.7. The summed E-state index contributed by atoms with van der Waals surface area (Å²) < 4.78 is 9.15. The Hall–Kier alpha value is -6.65. The smallest absolute Gasteiger partial charge is 0.208 e. The fraction of sp³-hybridized carbons (Fsp3) is 0.0625. The van der Waals surface area contributed by atoms with E-state index in [1.54, 1.807) is 0 Å². The van der Waals surface area contributed by atoms with Gasteiger partial charge in [0.25, 0.3) is 0 Å². The highest BCUT2D eigenvalue weighted by Crippen LogP contribution is 2.43. The van der Waals surface area contributed by atoms with E-state index in [-0.39, 0.29) is 6.04 Å². The van der Waals surface area contributed by atoms with Crippen LogP contribution in [0.5, 0.6) is 0 Å². The number of anilines is 1. The van der Waals surface area contributed by atoms with E-state index in [9.17, 15) is 0 Å². The summed E-state index contributed by atoms with van der Waals surface area (Å²) in [5, 5.41) is 8.16. The highest BCUT2D eigenvalue weighted by atomic mass is 16.3. The summed E-state index contributed by atoms with van der Waals surface area (Å²) in [5.41, 5.74) is 11.9. The quantitative estimate of drug-likeness (QED) is 0.190. The lowest BCUT2D eigenvalue weighted by atomic mass is 9.93. The number of aliphatic imine (C=N–C) groups is 1. The minimum absolute atomic E-state index is 0.180. The van der Waals surface area contributed by atoms with Crippen LogP contribution >= 0.6 is 0 Å². The van der Waals surface area contributed by atoms with Gasteiger partial charge >= 0.3 is 0 Å². The Morgan fingerprint density at radius 2 is 1.21 bits per heavy atom. The predicted octanol–water partition coefficient (Wildman–Crippen LogP) is 13.0. The van der Waals surface area contributed by atoms with Crippen LogP contribution in [0.25, 0.3) is 66.0 Å². The molecule has 3 heterocycles. The molecule has 52 heavy (non-hydrogen) atoms. The zero-order chi connectivity index (χ0) is 35.0. The molecular weight excluding hydrogens is 635 g/mol. The molecular formula is C48H37N3O. The van der Waals surface area contributed by atoms with Crippen molar-refractivity contribution in [3.05, 3.63) is 187 Å². The van der Waals surface area contributed by atoms with Gasteiger partial charge in [-0.15, -0.1) is 0 Å². The zero-order valence-electron chi connectivity index (χ0n) is 29.1. The Labute approximate surface area is 303 Å². The maximum Gasteiger partial charge on any atom is 0.208 e. The lowest BCUT2D eigenvalue weighted by molar-refractivity contribution is 0.674. The van der Waals surface area contributed by atoms with Crippen molar-refractivity contribution in [2.75, 3.05) is 5.32 Å². The number of para-hydroxylation sites is 3. The van der Waals surface area contributed by atoms with Crippen LogP contribution in [0.2, 0.25) is 0 Å². The van der Waals surface area contributed by atoms with Crippen molar-refractivity contribution in [1.29, 1.82) is 0 Å². The third kappa shape index (κ3) is 5.28. The van der Waals surface area contributed by atoms with Crippen LogP contribution in [0, 0.1) is 0 Å². The van der Waals surface area contributed by atoms with Crippen LogP contribution in [0.1, 0.15) is 31.0 Å². The minimum Gasteiger partial charge on any atom is -0.455 e. The molecule has 4 nitrogen and oxygen atoms in total. The molecule has 2 aromatic heterocycles. The van der Waals surface area contributed by atoms with Crippen molar-refractivity contribution < 1.29 is 4.42 Å². The maximum absolute atomic E-state index is 6.89. The van der Waals surface area contributed by atoms with Crippen LogP contribution in [0.3, 0.4) is 0 Å². The number of allylic oxidation sites excluding steroid dienone is 2. The molecule has 1 aliphatic heterocycles. The third-order valence-corrected chi connectivity index (χ3v) is 9.99. The second-order valence-corrected chi connectivity index (χ2v) is 13.1. The van der Waals surface area contributed by atoms with Gasteiger partial charge in [-0.25, -0.2) is 4.99 Å². The normalized spacial score (nSPS) is 14.0. The average molecular weight is 672 g/mol. The number of fused-ring (bicyclic) bond motifs is 8. The lowest BCUT2D eigenvalue weighted by Gasteiger charge is -2.27. The second kappa shape index (κ2) is 13.2. The Bertz CT molecular complexity index is 2780. The molecule has 0 aliphatic carbocycles. The second-order valence-electron chi connectivity index (χ2n) is 13.1. The standard InChI is InChI=1S/C44H29N3O.C4H8/c1-3-13-28(14-4-1)30-17-11-18-31(27-30)41-35-19-7-9-23-37(35)45-44(46-41)47-38-24-10-8-20-36(38)40-39(47)26-25-34-33-22-12-21-32(42(33)48-43(34)40)29-15-5-2-6-16-29;1-3-4-2/h1-27,41H,(H,45,46);3-4H,1-2H3/b;4-3-. The van der Waals surface area contributed by atoms with Gasteiger partial charge in [0.1, 0.15) is 17.2 Å². The Morgan fingerprint density at radius 3 is 2.02 bits per heavy atom. The highest BCUT2D eigenvalue weighted by Gasteiger charge is 2.27. The van der Waals surface area contributed by atoms with E-state index < -0.39 is 0 Å². The molecule has 4 heteroatoms. The Kier molecular flexibility index (Phi) is 7.98. The molecule has 7 aromatic carbocycles. The number of hydrogen-bond acceptors (Lipinski definition) is 3. The molecule has 10 rings (SSSR count). The fourth-order valence-electron chi connectivity index (χ4n) is 7.46. The molecule has 1 N–H and O–H groups in total. The van der Waals surface area contributed by atoms with Gasteiger partial charge in [-0.3, -0.25) is 4.57 Å². The number of hydrogen-bond donors (Lipinski definition) is 1. The van der Waals surface area contributed by atoms with E-state index >= 15 is 0 Å². The third-order valence-electron chi connectivity index (χ3n) is 9.99. The first-order valence-corrected chi connectivity index (χ1v) is 17.8. The van der Waals surface area contributed by atoms with Crippen molar-refractivity contribution in [3.8, 4) is 22.3 Å². The SMILES string of the molecule is C/C=C\C.c1ccc(-c2cccc(C3N=C(n4c5ccccc5c5c6oc7c(-c8ccccc8)cccc7c6ccc54)Nc4ccccc43)c2)cc1. The molecule has 1 unspecified atom stereocenters. The van der Waals surface area contributed by atoms with Crippen molar-refractivity contribution in [2.45, 2.75) is 19.9 Å². The van der Waals surface area contributed by atoms with E-state index in [1.165, 1.54) is 11.1 Å². The van der Waals surface area contributed by atoms with E-state index in [0.29, 0.717) is 0 Å². The maximum atomic E-state index is 6.89. The van der Waals surface area contributed by atoms with Gasteiger partial charge in [-0.1, -0.05) is 146 Å². The number of nitrogens with one attached hydrogen (secondary N) is 1. The summed E-state index contributed by atoms with van der Waals surface area (Å²) in [6.07, 6.45) is 4.00. The monoisotopic (exact) mass is 671 g/mol. The van der Waals surface area contributed by atoms with Crippen LogP contribution in [0.4, 0.5) is 5.69 Å². The fourth-order valence-corrected chi connectivity index (χ4v) is 7.46. The molecule has 0 amide bonds. The van der Waals surface area contributed by atoms with Gasteiger partial charge < -0.3 is 9.73 Å². The number of furan rings is 1. The number of rotatable bonds is 3. The minimum atomic E-state index is -0.180. The van der Waals surface area contributed by atoms with E-state index in [1.807, 2.05) is 32.1 Å². The predicted molar refractivity (Wildman–Crippen MR) is 219 cm³/mol. The summed E-state index contributed by atoms with van der Waals surface area (Å²) >= 11 is 0. The van der Waals surface area contributed by atoms with Gasteiger partial charge in [0.05, 0.1) is 16.4 Å². The van der Waals surface area contributed by atoms with Gasteiger partial charge in [0, 0.05) is 33.0 Å². The molecule has 0 radical (unpaired) electrons. The molecule has 250 valence electrons. The summed E-state index contributed by atoms with van der Waals surface area (Å²) in [4.78, 5) is 5.49. The summed E-state index contributed by atoms with van der Waals surface area (Å²) in [6, 6.07) is 57.5. The van der Waals surface area contributed by atoms with Gasteiger partial charge in [0.15, 0.2) is 0 Å². The van der Waals surface area contributed by atoms with E-state index in [0.717, 1.165) is 77.6 Å². The molecule has 0 fully saturated rings. The molecule has 1 aliphatic rings. The van der Waals surface area contributed by atoms with E-state index in [4.69, 9.17) is 9.41 Å². The van der Waals surface area contributed by atoms with Crippen LogP contribution in [-0.4, -0.2) is 10.5 Å². The molecule has 0 saturated heterocycles. The largest absolute Gasteiger partial charge is 0.455 e. The first-order valence-electron chi connectivity index (χ1n) is 17.8. The lowest BCUT2D eigenvalue weighted by Crippen LogP contribution is -2.27. The van der Waals surface area contributed by atoms with Crippen molar-refractivity contribution in [3.63, 3.8) is 0 Å². The molecule has 0 bridgehead atoms. The van der Waals surface area contributed by atoms with Gasteiger partial charge in [-0.05, 0) is 66.4 Å². The zero-order valence-corrected chi connectivity index (χ0v) is 29.1. The number of benzene rings is 7. The first kappa shape index (κ1) is 31.3. The average Bonchev–Trinajstić information content (AvgIpc) is 3.77. The van der Waals surface area contributed by atoms with Crippen LogP contribution in [0.15, 0.2) is 185 Å². The highest BCUT2D eigenvalue weighted by molar-refractivity contribution is 6.27. The van der Waals surface area contributed by atoms with Crippen molar-refractivity contribution in [1.82, 2.24) is 4.57 Å². The molecule has 1 atom stereocenters. The molecule has 0 saturated carbocycles. The van der Waals surface area contributed by atoms with Gasteiger partial charge in [0.2, 0.25) is 5.96 Å². The van der Waals surface area contributed by atoms with E-state index in [2.05, 4.69) is 168 Å². The summed E-state index contributed by atoms with van der Waals surface area (Å²) in [5.74, 6) is 0.787. The van der Waals surface area contributed by atoms with Crippen molar-refractivity contribution in [2.24, 2.45) is 4.99 Å². The Balaban J connectivity index is 0.000000859. The topological polar surface area (TPSA) is 42.5 Å². The van der Waals surface area contributed by atoms with Gasteiger partial charge in [-0.2, -0.15) is 0 Å². The molecule has 9 aromatic rings. The van der Waals surface area contributed by atoms with Crippen LogP contribution in [-0.2, 0) is 0 Å². The Morgan fingerprint density at radius 1 is 0.558 bits per heavy atom. The van der Waals surface area contributed by atoms with Crippen LogP contribution < -0.4 is 5.32 Å². The molecule has 0 spiro atoms. The summed E-state index contributed by atoms with van der Waals surface area (Å²) in [6.45, 7) is 4.00. The number of aromatic nitrogens is 1. The summed E-state index contributed by atoms with van der Waals surface area (Å²) in [7, 11) is 0. The number of nitrogens with zero attached hydrogens (tertiary/aromatic N) is 2. The van der Waals surface area contributed by atoms with Crippen molar-refractivity contribution >= 4 is 55.4 Å².